The second-order valence-corrected chi connectivity index (χ2v) is 4.92. The van der Waals surface area contributed by atoms with Crippen molar-refractivity contribution in [2.45, 2.75) is 13.3 Å². The van der Waals surface area contributed by atoms with Crippen molar-refractivity contribution in [2.75, 3.05) is 32.1 Å². The first kappa shape index (κ1) is 15.4. The lowest BCUT2D eigenvalue weighted by atomic mass is 10.2. The molecule has 0 spiro atoms. The van der Waals surface area contributed by atoms with E-state index in [1.54, 1.807) is 31.3 Å². The average molecular weight is 280 g/mol. The van der Waals surface area contributed by atoms with Crippen molar-refractivity contribution < 1.29 is 4.79 Å². The van der Waals surface area contributed by atoms with Crippen LogP contribution in [0.25, 0.3) is 0 Å². The molecule has 0 atom stereocenters. The minimum Gasteiger partial charge on any atom is -0.389 e. The predicted octanol–water partition coefficient (Wildman–Crippen LogP) is 1.02. The number of nitrogens with zero attached hydrogens (tertiary/aromatic N) is 3. The summed E-state index contributed by atoms with van der Waals surface area (Å²) < 4.78 is 0. The fourth-order valence-corrected chi connectivity index (χ4v) is 1.72. The van der Waals surface area contributed by atoms with E-state index in [0.29, 0.717) is 11.5 Å². The van der Waals surface area contributed by atoms with Crippen LogP contribution in [0.2, 0.25) is 0 Å². The van der Waals surface area contributed by atoms with E-state index in [4.69, 9.17) is 18.0 Å². The summed E-state index contributed by atoms with van der Waals surface area (Å²) in [7, 11) is 3.48. The van der Waals surface area contributed by atoms with E-state index in [2.05, 4.69) is 11.9 Å². The molecular weight excluding hydrogens is 260 g/mol. The van der Waals surface area contributed by atoms with Gasteiger partial charge in [0.1, 0.15) is 10.8 Å². The summed E-state index contributed by atoms with van der Waals surface area (Å²) >= 11 is 4.96. The van der Waals surface area contributed by atoms with Gasteiger partial charge in [0.05, 0.1) is 6.54 Å². The molecule has 0 saturated carbocycles. The molecule has 1 amide bonds. The SMILES string of the molecule is CCCN(CC(=O)N(C)C)c1cc(C(N)=S)ccn1. The highest BCUT2D eigenvalue weighted by Gasteiger charge is 2.14. The Kier molecular flexibility index (Phi) is 5.69. The van der Waals surface area contributed by atoms with Crippen molar-refractivity contribution in [3.8, 4) is 0 Å². The van der Waals surface area contributed by atoms with Crippen LogP contribution in [0.1, 0.15) is 18.9 Å². The van der Waals surface area contributed by atoms with Gasteiger partial charge in [-0.2, -0.15) is 0 Å². The molecule has 0 bridgehead atoms. The molecule has 104 valence electrons. The first-order chi connectivity index (χ1) is 8.95. The molecule has 2 N–H and O–H groups in total. The zero-order valence-corrected chi connectivity index (χ0v) is 12.4. The van der Waals surface area contributed by atoms with Crippen LogP contribution in [-0.2, 0) is 4.79 Å². The summed E-state index contributed by atoms with van der Waals surface area (Å²) in [5.74, 6) is 0.762. The van der Waals surface area contributed by atoms with Gasteiger partial charge in [0.15, 0.2) is 0 Å². The predicted molar refractivity (Wildman–Crippen MR) is 81.3 cm³/mol. The van der Waals surface area contributed by atoms with Crippen LogP contribution in [0.5, 0.6) is 0 Å². The van der Waals surface area contributed by atoms with Gasteiger partial charge in [0, 0.05) is 32.4 Å². The average Bonchev–Trinajstić information content (AvgIpc) is 2.38. The molecule has 0 aliphatic carbocycles. The number of carbonyl (C=O) groups is 1. The van der Waals surface area contributed by atoms with Crippen LogP contribution in [0.4, 0.5) is 5.82 Å². The van der Waals surface area contributed by atoms with Crippen LogP contribution in [-0.4, -0.2) is 48.0 Å². The van der Waals surface area contributed by atoms with Gasteiger partial charge in [-0.1, -0.05) is 19.1 Å². The van der Waals surface area contributed by atoms with Crippen molar-refractivity contribution in [3.63, 3.8) is 0 Å². The summed E-state index contributed by atoms with van der Waals surface area (Å²) in [6.45, 7) is 3.12. The Morgan fingerprint density at radius 1 is 1.47 bits per heavy atom. The van der Waals surface area contributed by atoms with Gasteiger partial charge in [-0.05, 0) is 18.6 Å². The number of thiocarbonyl (C=S) groups is 1. The Bertz CT molecular complexity index is 462. The summed E-state index contributed by atoms with van der Waals surface area (Å²) in [5.41, 5.74) is 6.38. The Hall–Kier alpha value is -1.69. The monoisotopic (exact) mass is 280 g/mol. The number of nitrogens with two attached hydrogens (primary N) is 1. The minimum absolute atomic E-state index is 0.0379. The molecular formula is C13H20N4OS. The highest BCUT2D eigenvalue weighted by Crippen LogP contribution is 2.13. The Balaban J connectivity index is 2.95. The molecule has 0 fully saturated rings. The van der Waals surface area contributed by atoms with Gasteiger partial charge in [0.25, 0.3) is 0 Å². The molecule has 0 aliphatic rings. The van der Waals surface area contributed by atoms with Crippen LogP contribution >= 0.6 is 12.2 Å². The number of rotatable bonds is 6. The zero-order chi connectivity index (χ0) is 14.4. The number of carbonyl (C=O) groups excluding carboxylic acids is 1. The molecule has 19 heavy (non-hydrogen) atoms. The van der Waals surface area contributed by atoms with Gasteiger partial charge in [-0.3, -0.25) is 4.79 Å². The molecule has 1 heterocycles. The minimum atomic E-state index is 0.0379. The number of likely N-dealkylation sites (N-methyl/N-ethyl adjacent to an activating group) is 1. The van der Waals surface area contributed by atoms with Crippen molar-refractivity contribution in [3.05, 3.63) is 23.9 Å². The third kappa shape index (κ3) is 4.48. The number of hydrogen-bond acceptors (Lipinski definition) is 4. The lowest BCUT2D eigenvalue weighted by Gasteiger charge is -2.24. The van der Waals surface area contributed by atoms with Crippen LogP contribution < -0.4 is 10.6 Å². The van der Waals surface area contributed by atoms with Gasteiger partial charge in [0.2, 0.25) is 5.91 Å². The summed E-state index contributed by atoms with van der Waals surface area (Å²) in [6, 6.07) is 3.59. The first-order valence-corrected chi connectivity index (χ1v) is 6.57. The normalized spacial score (nSPS) is 10.1. The zero-order valence-electron chi connectivity index (χ0n) is 11.6. The molecule has 0 aromatic carbocycles. The number of aromatic nitrogens is 1. The fraction of sp³-hybridized carbons (Fsp3) is 0.462. The van der Waals surface area contributed by atoms with Gasteiger partial charge in [-0.15, -0.1) is 0 Å². The molecule has 1 rings (SSSR count). The standard InChI is InChI=1S/C13H20N4OS/c1-4-7-17(9-12(18)16(2)3)11-8-10(13(14)19)5-6-15-11/h5-6,8H,4,7,9H2,1-3H3,(H2,14,19). The first-order valence-electron chi connectivity index (χ1n) is 6.16. The van der Waals surface area contributed by atoms with E-state index < -0.39 is 0 Å². The molecule has 1 aromatic heterocycles. The van der Waals surface area contributed by atoms with Crippen molar-refractivity contribution >= 4 is 28.9 Å². The molecule has 0 saturated heterocycles. The highest BCUT2D eigenvalue weighted by atomic mass is 32.1. The maximum Gasteiger partial charge on any atom is 0.241 e. The van der Waals surface area contributed by atoms with E-state index in [0.717, 1.165) is 24.3 Å². The van der Waals surface area contributed by atoms with Crippen molar-refractivity contribution in [2.24, 2.45) is 5.73 Å². The third-order valence-corrected chi connectivity index (χ3v) is 2.91. The quantitative estimate of drug-likeness (QED) is 0.788. The van der Waals surface area contributed by atoms with Gasteiger partial charge < -0.3 is 15.5 Å². The number of pyridine rings is 1. The number of hydrogen-bond donors (Lipinski definition) is 1. The Morgan fingerprint density at radius 3 is 2.68 bits per heavy atom. The molecule has 0 radical (unpaired) electrons. The molecule has 1 aromatic rings. The second-order valence-electron chi connectivity index (χ2n) is 4.48. The lowest BCUT2D eigenvalue weighted by Crippen LogP contribution is -2.37. The maximum atomic E-state index is 11.8. The number of anilines is 1. The van der Waals surface area contributed by atoms with E-state index in [1.807, 2.05) is 11.0 Å². The van der Waals surface area contributed by atoms with E-state index in [9.17, 15) is 4.79 Å². The smallest absolute Gasteiger partial charge is 0.241 e. The van der Waals surface area contributed by atoms with E-state index in [-0.39, 0.29) is 5.91 Å². The van der Waals surface area contributed by atoms with E-state index in [1.165, 1.54) is 0 Å². The van der Waals surface area contributed by atoms with Crippen LogP contribution in [0, 0.1) is 0 Å². The lowest BCUT2D eigenvalue weighted by molar-refractivity contribution is -0.127. The summed E-state index contributed by atoms with van der Waals surface area (Å²) in [5, 5.41) is 0. The topological polar surface area (TPSA) is 62.5 Å². The molecule has 0 aliphatic heterocycles. The molecule has 0 unspecified atom stereocenters. The Labute approximate surface area is 119 Å². The summed E-state index contributed by atoms with van der Waals surface area (Å²) in [6.07, 6.45) is 2.59. The second kappa shape index (κ2) is 7.04. The van der Waals surface area contributed by atoms with Gasteiger partial charge in [-0.25, -0.2) is 4.98 Å². The van der Waals surface area contributed by atoms with Gasteiger partial charge >= 0.3 is 0 Å². The summed E-state index contributed by atoms with van der Waals surface area (Å²) in [4.78, 5) is 20.0. The van der Waals surface area contributed by atoms with Crippen LogP contribution in [0.3, 0.4) is 0 Å². The van der Waals surface area contributed by atoms with E-state index >= 15 is 0 Å². The maximum absolute atomic E-state index is 11.8. The number of amides is 1. The molecule has 5 nitrogen and oxygen atoms in total. The Morgan fingerprint density at radius 2 is 2.16 bits per heavy atom. The third-order valence-electron chi connectivity index (χ3n) is 2.67. The van der Waals surface area contributed by atoms with Crippen molar-refractivity contribution in [1.82, 2.24) is 9.88 Å². The fourth-order valence-electron chi connectivity index (χ4n) is 1.59. The largest absolute Gasteiger partial charge is 0.389 e. The molecule has 6 heteroatoms. The highest BCUT2D eigenvalue weighted by molar-refractivity contribution is 7.80. The van der Waals surface area contributed by atoms with Crippen LogP contribution in [0.15, 0.2) is 18.3 Å². The van der Waals surface area contributed by atoms with Crippen molar-refractivity contribution in [1.29, 1.82) is 0 Å².